The Labute approximate surface area is 78.4 Å². The van der Waals surface area contributed by atoms with Crippen LogP contribution in [0.15, 0.2) is 0 Å². The molecule has 0 radical (unpaired) electrons. The topological polar surface area (TPSA) is 38.8 Å². The lowest BCUT2D eigenvalue weighted by Crippen LogP contribution is -2.20. The fraction of sp³-hybridized carbons (Fsp3) is 0.900. The van der Waals surface area contributed by atoms with Crippen LogP contribution in [0.1, 0.15) is 33.1 Å². The van der Waals surface area contributed by atoms with Gasteiger partial charge in [-0.25, -0.2) is 4.79 Å². The molecule has 2 atom stereocenters. The molecule has 3 nitrogen and oxygen atoms in total. The predicted octanol–water partition coefficient (Wildman–Crippen LogP) is 1.51. The maximum Gasteiger partial charge on any atom is 0.338 e. The number of epoxide rings is 1. The van der Waals surface area contributed by atoms with E-state index in [-0.39, 0.29) is 17.7 Å². The largest absolute Gasteiger partial charge is 0.467 e. The van der Waals surface area contributed by atoms with E-state index >= 15 is 0 Å². The first-order valence-electron chi connectivity index (χ1n) is 4.75. The fourth-order valence-electron chi connectivity index (χ4n) is 2.43. The average Bonchev–Trinajstić information content (AvgIpc) is 2.65. The van der Waals surface area contributed by atoms with Crippen molar-refractivity contribution in [2.75, 3.05) is 7.11 Å². The van der Waals surface area contributed by atoms with E-state index in [1.54, 1.807) is 0 Å². The molecule has 2 unspecified atom stereocenters. The molecular weight excluding hydrogens is 168 g/mol. The molecule has 2 rings (SSSR count). The van der Waals surface area contributed by atoms with Crippen molar-refractivity contribution in [1.29, 1.82) is 0 Å². The summed E-state index contributed by atoms with van der Waals surface area (Å²) in [7, 11) is 1.41. The van der Waals surface area contributed by atoms with Crippen LogP contribution in [-0.2, 0) is 14.3 Å². The summed E-state index contributed by atoms with van der Waals surface area (Å²) in [5.74, 6) is -0.210. The standard InChI is InChI=1S/C10H16O3/c1-9(2)4-5-10(6-9)7(13-10)8(11)12-3/h7H,4-6H2,1-3H3. The van der Waals surface area contributed by atoms with Crippen molar-refractivity contribution < 1.29 is 14.3 Å². The molecule has 0 aromatic heterocycles. The third-order valence-electron chi connectivity index (χ3n) is 3.19. The Morgan fingerprint density at radius 1 is 1.46 bits per heavy atom. The zero-order valence-electron chi connectivity index (χ0n) is 8.42. The predicted molar refractivity (Wildman–Crippen MR) is 47.3 cm³/mol. The van der Waals surface area contributed by atoms with E-state index in [1.807, 2.05) is 0 Å². The van der Waals surface area contributed by atoms with Crippen molar-refractivity contribution >= 4 is 5.97 Å². The Bertz CT molecular complexity index is 247. The van der Waals surface area contributed by atoms with Crippen LogP contribution in [0.2, 0.25) is 0 Å². The third-order valence-corrected chi connectivity index (χ3v) is 3.19. The summed E-state index contributed by atoms with van der Waals surface area (Å²) in [4.78, 5) is 11.2. The molecular formula is C10H16O3. The number of hydrogen-bond acceptors (Lipinski definition) is 3. The van der Waals surface area contributed by atoms with Crippen LogP contribution in [-0.4, -0.2) is 24.8 Å². The second-order valence-electron chi connectivity index (χ2n) is 4.93. The highest BCUT2D eigenvalue weighted by Crippen LogP contribution is 2.56. The van der Waals surface area contributed by atoms with Crippen LogP contribution in [0, 0.1) is 5.41 Å². The van der Waals surface area contributed by atoms with Gasteiger partial charge in [-0.3, -0.25) is 0 Å². The normalized spacial score (nSPS) is 40.7. The monoisotopic (exact) mass is 184 g/mol. The minimum absolute atomic E-state index is 0.156. The van der Waals surface area contributed by atoms with Crippen molar-refractivity contribution in [3.8, 4) is 0 Å². The summed E-state index contributed by atoms with van der Waals surface area (Å²) in [6, 6.07) is 0. The van der Waals surface area contributed by atoms with Crippen molar-refractivity contribution in [3.05, 3.63) is 0 Å². The van der Waals surface area contributed by atoms with Gasteiger partial charge in [0.25, 0.3) is 0 Å². The molecule has 13 heavy (non-hydrogen) atoms. The van der Waals surface area contributed by atoms with E-state index in [2.05, 4.69) is 18.6 Å². The van der Waals surface area contributed by atoms with E-state index in [4.69, 9.17) is 4.74 Å². The van der Waals surface area contributed by atoms with E-state index in [1.165, 1.54) is 7.11 Å². The number of esters is 1. The summed E-state index contributed by atoms with van der Waals surface area (Å²) in [5.41, 5.74) is 0.166. The molecule has 1 saturated carbocycles. The van der Waals surface area contributed by atoms with Gasteiger partial charge >= 0.3 is 5.97 Å². The second kappa shape index (κ2) is 2.47. The lowest BCUT2D eigenvalue weighted by Gasteiger charge is -2.15. The van der Waals surface area contributed by atoms with Crippen molar-refractivity contribution in [2.24, 2.45) is 5.41 Å². The number of carbonyl (C=O) groups is 1. The number of hydrogen-bond donors (Lipinski definition) is 0. The molecule has 2 aliphatic rings. The van der Waals surface area contributed by atoms with Gasteiger partial charge in [0.2, 0.25) is 0 Å². The minimum atomic E-state index is -0.278. The lowest BCUT2D eigenvalue weighted by molar-refractivity contribution is -0.142. The molecule has 2 fully saturated rings. The SMILES string of the molecule is COC(=O)C1OC12CCC(C)(C)C2. The molecule has 1 aliphatic carbocycles. The Morgan fingerprint density at radius 3 is 2.62 bits per heavy atom. The van der Waals surface area contributed by atoms with E-state index in [0.717, 1.165) is 19.3 Å². The molecule has 0 aromatic carbocycles. The van der Waals surface area contributed by atoms with Gasteiger partial charge in [0.05, 0.1) is 7.11 Å². The second-order valence-corrected chi connectivity index (χ2v) is 4.93. The molecule has 0 bridgehead atoms. The summed E-state index contributed by atoms with van der Waals surface area (Å²) in [6.07, 6.45) is 2.85. The van der Waals surface area contributed by atoms with Gasteiger partial charge in [0.15, 0.2) is 6.10 Å². The van der Waals surface area contributed by atoms with Gasteiger partial charge in [-0.15, -0.1) is 0 Å². The lowest BCUT2D eigenvalue weighted by atomic mass is 9.90. The first-order chi connectivity index (χ1) is 5.99. The molecule has 0 N–H and O–H groups in total. The fourth-order valence-corrected chi connectivity index (χ4v) is 2.43. The molecule has 1 heterocycles. The van der Waals surface area contributed by atoms with Gasteiger partial charge in [-0.2, -0.15) is 0 Å². The van der Waals surface area contributed by atoms with Crippen molar-refractivity contribution in [3.63, 3.8) is 0 Å². The molecule has 1 aliphatic heterocycles. The van der Waals surface area contributed by atoms with Gasteiger partial charge in [-0.1, -0.05) is 13.8 Å². The molecule has 1 saturated heterocycles. The number of carbonyl (C=O) groups excluding carboxylic acids is 1. The number of ether oxygens (including phenoxy) is 2. The maximum absolute atomic E-state index is 11.2. The molecule has 74 valence electrons. The number of methoxy groups -OCH3 is 1. The number of rotatable bonds is 1. The highest BCUT2D eigenvalue weighted by molar-refractivity contribution is 5.79. The molecule has 0 amide bonds. The molecule has 0 aromatic rings. The quantitative estimate of drug-likeness (QED) is 0.458. The molecule has 3 heteroatoms. The Morgan fingerprint density at radius 2 is 2.15 bits per heavy atom. The van der Waals surface area contributed by atoms with Crippen LogP contribution in [0.5, 0.6) is 0 Å². The Balaban J connectivity index is 2.02. The first kappa shape index (κ1) is 9.00. The summed E-state index contributed by atoms with van der Waals surface area (Å²) < 4.78 is 10.1. The van der Waals surface area contributed by atoms with E-state index < -0.39 is 0 Å². The van der Waals surface area contributed by atoms with Gasteiger partial charge in [-0.05, 0) is 24.7 Å². The van der Waals surface area contributed by atoms with Crippen molar-refractivity contribution in [1.82, 2.24) is 0 Å². The van der Waals surface area contributed by atoms with Crippen LogP contribution < -0.4 is 0 Å². The van der Waals surface area contributed by atoms with Crippen molar-refractivity contribution in [2.45, 2.75) is 44.8 Å². The van der Waals surface area contributed by atoms with Crippen LogP contribution in [0.3, 0.4) is 0 Å². The van der Waals surface area contributed by atoms with Gasteiger partial charge in [0.1, 0.15) is 5.60 Å². The minimum Gasteiger partial charge on any atom is -0.467 e. The molecule has 1 spiro atoms. The van der Waals surface area contributed by atoms with Crippen LogP contribution in [0.25, 0.3) is 0 Å². The highest BCUT2D eigenvalue weighted by Gasteiger charge is 2.65. The average molecular weight is 184 g/mol. The zero-order valence-corrected chi connectivity index (χ0v) is 8.42. The summed E-state index contributed by atoms with van der Waals surface area (Å²) in [5, 5.41) is 0. The van der Waals surface area contributed by atoms with Crippen LogP contribution >= 0.6 is 0 Å². The first-order valence-corrected chi connectivity index (χ1v) is 4.75. The zero-order chi connectivity index (χ0) is 9.69. The van der Waals surface area contributed by atoms with Gasteiger partial charge < -0.3 is 9.47 Å². The van der Waals surface area contributed by atoms with Crippen LogP contribution in [0.4, 0.5) is 0 Å². The Kier molecular flexibility index (Phi) is 1.71. The smallest absolute Gasteiger partial charge is 0.338 e. The highest BCUT2D eigenvalue weighted by atomic mass is 16.7. The summed E-state index contributed by atoms with van der Waals surface area (Å²) in [6.45, 7) is 4.44. The Hall–Kier alpha value is -0.570. The third kappa shape index (κ3) is 1.35. The van der Waals surface area contributed by atoms with E-state index in [0.29, 0.717) is 5.41 Å². The van der Waals surface area contributed by atoms with E-state index in [9.17, 15) is 4.79 Å². The van der Waals surface area contributed by atoms with Gasteiger partial charge in [0, 0.05) is 0 Å². The maximum atomic E-state index is 11.2. The summed E-state index contributed by atoms with van der Waals surface area (Å²) >= 11 is 0.